The van der Waals surface area contributed by atoms with E-state index in [0.717, 1.165) is 17.0 Å². The number of hydrogen-bond acceptors (Lipinski definition) is 6. The Kier molecular flexibility index (Phi) is 4.06. The van der Waals surface area contributed by atoms with Crippen LogP contribution in [0.1, 0.15) is 23.9 Å². The average molecular weight is 394 g/mol. The molecule has 0 aliphatic carbocycles. The number of amides is 2. The molecular weight excluding hydrogens is 372 g/mol. The van der Waals surface area contributed by atoms with Crippen LogP contribution in [0.5, 0.6) is 0 Å². The number of likely N-dealkylation sites (tertiary alicyclic amines) is 1. The zero-order chi connectivity index (χ0) is 20.2. The molecule has 0 radical (unpaired) electrons. The molecule has 150 valence electrons. The largest absolute Gasteiger partial charge is 0.360 e. The smallest absolute Gasteiger partial charge is 0.234 e. The molecule has 0 aromatic carbocycles. The van der Waals surface area contributed by atoms with Gasteiger partial charge in [0.25, 0.3) is 0 Å². The Balaban J connectivity index is 1.39. The maximum Gasteiger partial charge on any atom is 0.234 e. The topological polar surface area (TPSA) is 97.6 Å². The van der Waals surface area contributed by atoms with Gasteiger partial charge in [-0.2, -0.15) is 0 Å². The molecule has 2 aromatic rings. The molecule has 0 unspecified atom stereocenters. The van der Waals surface area contributed by atoms with E-state index < -0.39 is 23.5 Å². The number of anilines is 1. The number of rotatable bonds is 5. The van der Waals surface area contributed by atoms with E-state index in [1.54, 1.807) is 11.1 Å². The number of ether oxygens (including phenoxy) is 1. The molecule has 2 saturated heterocycles. The van der Waals surface area contributed by atoms with E-state index in [9.17, 15) is 9.59 Å². The Morgan fingerprint density at radius 3 is 3.03 bits per heavy atom. The van der Waals surface area contributed by atoms with Gasteiger partial charge >= 0.3 is 0 Å². The maximum absolute atomic E-state index is 13.2. The number of fused-ring (bicyclic) bond motifs is 1. The zero-order valence-corrected chi connectivity index (χ0v) is 16.3. The molecule has 8 heteroatoms. The highest BCUT2D eigenvalue weighted by Gasteiger charge is 2.66. The van der Waals surface area contributed by atoms with Gasteiger partial charge in [-0.05, 0) is 25.5 Å². The Bertz CT molecular complexity index is 1000. The molecule has 4 atom stereocenters. The molecule has 8 nitrogen and oxygen atoms in total. The standard InChI is InChI=1S/C21H22N4O4/c1-3-14-12(2)24-29-19(14)23-18(26)16-15-7-8-21(28-15)11-25(20(27)17(16)21)10-13-6-4-5-9-22-13/h4-9,15-17H,3,10-11H2,1-2H3,(H,23,26)/t15-,16+,17-,21-/m1/s1. The first-order chi connectivity index (χ1) is 14.0. The Morgan fingerprint density at radius 1 is 1.41 bits per heavy atom. The molecule has 0 saturated carbocycles. The van der Waals surface area contributed by atoms with Crippen molar-refractivity contribution in [2.75, 3.05) is 11.9 Å². The van der Waals surface area contributed by atoms with Crippen LogP contribution in [0.25, 0.3) is 0 Å². The van der Waals surface area contributed by atoms with Crippen molar-refractivity contribution < 1.29 is 18.8 Å². The third kappa shape index (κ3) is 2.70. The fourth-order valence-electron chi connectivity index (χ4n) is 4.80. The highest BCUT2D eigenvalue weighted by Crippen LogP contribution is 2.52. The van der Waals surface area contributed by atoms with Crippen molar-refractivity contribution in [3.8, 4) is 0 Å². The third-order valence-electron chi connectivity index (χ3n) is 6.14. The van der Waals surface area contributed by atoms with Crippen LogP contribution in [0.2, 0.25) is 0 Å². The molecule has 5 rings (SSSR count). The Hall–Kier alpha value is -3.00. The molecule has 2 fully saturated rings. The van der Waals surface area contributed by atoms with E-state index in [1.165, 1.54) is 0 Å². The first-order valence-corrected chi connectivity index (χ1v) is 9.84. The number of hydrogen-bond donors (Lipinski definition) is 1. The predicted molar refractivity (Wildman–Crippen MR) is 103 cm³/mol. The van der Waals surface area contributed by atoms with Gasteiger partial charge in [-0.25, -0.2) is 0 Å². The SMILES string of the molecule is CCc1c(C)noc1NC(=O)[C@H]1[C@H]2C=C[C@]3(CN(Cc4ccccn4)C(=O)[C@@H]13)O2. The normalized spacial score (nSPS) is 29.5. The van der Waals surface area contributed by atoms with Crippen LogP contribution in [0.3, 0.4) is 0 Å². The van der Waals surface area contributed by atoms with Crippen molar-refractivity contribution in [2.24, 2.45) is 11.8 Å². The Labute approximate surface area is 167 Å². The van der Waals surface area contributed by atoms with Crippen LogP contribution in [0.15, 0.2) is 41.1 Å². The third-order valence-corrected chi connectivity index (χ3v) is 6.14. The van der Waals surface area contributed by atoms with Crippen molar-refractivity contribution in [1.29, 1.82) is 0 Å². The number of aromatic nitrogens is 2. The minimum atomic E-state index is -0.747. The molecule has 5 heterocycles. The van der Waals surface area contributed by atoms with Gasteiger partial charge in [-0.15, -0.1) is 0 Å². The molecular formula is C21H22N4O4. The molecule has 3 aliphatic heterocycles. The molecule has 2 aromatic heterocycles. The first-order valence-electron chi connectivity index (χ1n) is 9.84. The first kappa shape index (κ1) is 18.1. The number of carbonyl (C=O) groups is 2. The molecule has 1 spiro atoms. The van der Waals surface area contributed by atoms with E-state index in [2.05, 4.69) is 15.5 Å². The second-order valence-electron chi connectivity index (χ2n) is 7.83. The summed E-state index contributed by atoms with van der Waals surface area (Å²) in [5, 5.41) is 6.78. The predicted octanol–water partition coefficient (Wildman–Crippen LogP) is 1.86. The summed E-state index contributed by atoms with van der Waals surface area (Å²) in [7, 11) is 0. The summed E-state index contributed by atoms with van der Waals surface area (Å²) in [6, 6.07) is 5.62. The highest BCUT2D eigenvalue weighted by atomic mass is 16.5. The molecule has 1 N–H and O–H groups in total. The summed E-state index contributed by atoms with van der Waals surface area (Å²) >= 11 is 0. The molecule has 2 amide bonds. The van der Waals surface area contributed by atoms with E-state index in [-0.39, 0.29) is 11.8 Å². The van der Waals surface area contributed by atoms with Crippen LogP contribution in [-0.4, -0.2) is 45.1 Å². The summed E-state index contributed by atoms with van der Waals surface area (Å²) in [5.41, 5.74) is 1.68. The van der Waals surface area contributed by atoms with Crippen molar-refractivity contribution in [3.63, 3.8) is 0 Å². The van der Waals surface area contributed by atoms with Gasteiger partial charge in [0.1, 0.15) is 5.60 Å². The lowest BCUT2D eigenvalue weighted by Crippen LogP contribution is -2.41. The number of carbonyl (C=O) groups excluding carboxylic acids is 2. The second kappa shape index (κ2) is 6.52. The zero-order valence-electron chi connectivity index (χ0n) is 16.3. The fourth-order valence-corrected chi connectivity index (χ4v) is 4.80. The monoisotopic (exact) mass is 394 g/mol. The van der Waals surface area contributed by atoms with Crippen molar-refractivity contribution in [2.45, 2.75) is 38.5 Å². The summed E-state index contributed by atoms with van der Waals surface area (Å²) in [6.45, 7) is 4.64. The van der Waals surface area contributed by atoms with Crippen LogP contribution in [0, 0.1) is 18.8 Å². The van der Waals surface area contributed by atoms with Gasteiger partial charge in [-0.1, -0.05) is 30.3 Å². The van der Waals surface area contributed by atoms with Gasteiger partial charge < -0.3 is 14.2 Å². The molecule has 3 aliphatic rings. The summed E-state index contributed by atoms with van der Waals surface area (Å²) in [4.78, 5) is 32.4. The van der Waals surface area contributed by atoms with Gasteiger partial charge in [0, 0.05) is 11.8 Å². The quantitative estimate of drug-likeness (QED) is 0.778. The average Bonchev–Trinajstić information content (AvgIpc) is 3.43. The lowest BCUT2D eigenvalue weighted by Gasteiger charge is -2.23. The number of pyridine rings is 1. The number of nitrogens with one attached hydrogen (secondary N) is 1. The number of nitrogens with zero attached hydrogens (tertiary/aromatic N) is 3. The fraction of sp³-hybridized carbons (Fsp3) is 0.429. The lowest BCUT2D eigenvalue weighted by atomic mass is 9.77. The summed E-state index contributed by atoms with van der Waals surface area (Å²) in [6.07, 6.45) is 5.83. The maximum atomic E-state index is 13.2. The summed E-state index contributed by atoms with van der Waals surface area (Å²) in [5.74, 6) is -1.14. The van der Waals surface area contributed by atoms with Gasteiger partial charge in [0.15, 0.2) is 0 Å². The van der Waals surface area contributed by atoms with Gasteiger partial charge in [0.05, 0.1) is 42.4 Å². The Morgan fingerprint density at radius 2 is 2.28 bits per heavy atom. The van der Waals surface area contributed by atoms with E-state index in [4.69, 9.17) is 9.26 Å². The minimum Gasteiger partial charge on any atom is -0.360 e. The minimum absolute atomic E-state index is 0.0767. The molecule has 29 heavy (non-hydrogen) atoms. The van der Waals surface area contributed by atoms with Crippen LogP contribution in [-0.2, 0) is 27.3 Å². The van der Waals surface area contributed by atoms with Gasteiger partial charge in [-0.3, -0.25) is 19.9 Å². The van der Waals surface area contributed by atoms with Gasteiger partial charge in [0.2, 0.25) is 17.7 Å². The van der Waals surface area contributed by atoms with Crippen molar-refractivity contribution >= 4 is 17.7 Å². The van der Waals surface area contributed by atoms with E-state index in [1.807, 2.05) is 44.2 Å². The second-order valence-corrected chi connectivity index (χ2v) is 7.83. The summed E-state index contributed by atoms with van der Waals surface area (Å²) < 4.78 is 11.4. The van der Waals surface area contributed by atoms with Crippen molar-refractivity contribution in [1.82, 2.24) is 15.0 Å². The van der Waals surface area contributed by atoms with E-state index >= 15 is 0 Å². The highest BCUT2D eigenvalue weighted by molar-refractivity contribution is 5.98. The number of aryl methyl sites for hydroxylation is 1. The van der Waals surface area contributed by atoms with Crippen LogP contribution in [0.4, 0.5) is 5.88 Å². The van der Waals surface area contributed by atoms with Crippen molar-refractivity contribution in [3.05, 3.63) is 53.5 Å². The molecule has 2 bridgehead atoms. The van der Waals surface area contributed by atoms with Crippen LogP contribution < -0.4 is 5.32 Å². The van der Waals surface area contributed by atoms with Crippen LogP contribution >= 0.6 is 0 Å². The van der Waals surface area contributed by atoms with E-state index in [0.29, 0.717) is 25.4 Å². The lowest BCUT2D eigenvalue weighted by molar-refractivity contribution is -0.136.